The summed E-state index contributed by atoms with van der Waals surface area (Å²) >= 11 is 0. The van der Waals surface area contributed by atoms with Gasteiger partial charge in [0.05, 0.1) is 0 Å². The molecular formula is C13H15N3O4. The number of nitrogens with zero attached hydrogens (tertiary/aromatic N) is 2. The van der Waals surface area contributed by atoms with E-state index in [1.165, 1.54) is 18.2 Å². The number of hydrogen-bond donors (Lipinski definition) is 2. The summed E-state index contributed by atoms with van der Waals surface area (Å²) in [4.78, 5) is 39.5. The molecule has 0 bridgehead atoms. The number of aromatic carboxylic acids is 1. The van der Waals surface area contributed by atoms with E-state index in [0.717, 1.165) is 0 Å². The van der Waals surface area contributed by atoms with Crippen molar-refractivity contribution in [3.05, 3.63) is 29.6 Å². The molecule has 0 atom stereocenters. The monoisotopic (exact) mass is 277 g/mol. The highest BCUT2D eigenvalue weighted by molar-refractivity contribution is 5.94. The van der Waals surface area contributed by atoms with Crippen molar-refractivity contribution in [3.8, 4) is 0 Å². The maximum atomic E-state index is 12.2. The zero-order valence-corrected chi connectivity index (χ0v) is 10.8. The van der Waals surface area contributed by atoms with Gasteiger partial charge in [0, 0.05) is 19.0 Å². The second kappa shape index (κ2) is 5.68. The van der Waals surface area contributed by atoms with Crippen LogP contribution in [-0.4, -0.2) is 45.9 Å². The van der Waals surface area contributed by atoms with Crippen LogP contribution in [0.3, 0.4) is 0 Å². The third-order valence-electron chi connectivity index (χ3n) is 3.37. The van der Waals surface area contributed by atoms with Crippen LogP contribution in [0.4, 0.5) is 0 Å². The van der Waals surface area contributed by atoms with Crippen LogP contribution in [0, 0.1) is 5.92 Å². The average molecular weight is 277 g/mol. The van der Waals surface area contributed by atoms with Crippen molar-refractivity contribution >= 4 is 17.8 Å². The van der Waals surface area contributed by atoms with E-state index in [1.807, 2.05) is 0 Å². The van der Waals surface area contributed by atoms with E-state index in [1.54, 1.807) is 4.90 Å². The van der Waals surface area contributed by atoms with E-state index in [-0.39, 0.29) is 29.1 Å². The van der Waals surface area contributed by atoms with Gasteiger partial charge in [-0.15, -0.1) is 0 Å². The first kappa shape index (κ1) is 14.0. The fourth-order valence-electron chi connectivity index (χ4n) is 2.20. The summed E-state index contributed by atoms with van der Waals surface area (Å²) in [5.41, 5.74) is 5.17. The molecule has 7 nitrogen and oxygen atoms in total. The Balaban J connectivity index is 2.07. The Bertz CT molecular complexity index is 550. The standard InChI is InChI=1S/C13H15N3O4/c14-11(17)8-4-6-16(7-5-8)12(18)9-2-1-3-10(15-9)13(19)20/h1-3,8H,4-7H2,(H2,14,17)(H,19,20). The number of carboxylic acid groups (broad SMARTS) is 1. The van der Waals surface area contributed by atoms with Crippen molar-refractivity contribution < 1.29 is 19.5 Å². The lowest BCUT2D eigenvalue weighted by Crippen LogP contribution is -2.42. The zero-order valence-electron chi connectivity index (χ0n) is 10.8. The Morgan fingerprint density at radius 2 is 1.80 bits per heavy atom. The molecule has 20 heavy (non-hydrogen) atoms. The van der Waals surface area contributed by atoms with Gasteiger partial charge in [0.2, 0.25) is 5.91 Å². The molecule has 0 spiro atoms. The predicted octanol–water partition coefficient (Wildman–Crippen LogP) is 0.117. The second-order valence-electron chi connectivity index (χ2n) is 4.68. The lowest BCUT2D eigenvalue weighted by molar-refractivity contribution is -0.123. The highest BCUT2D eigenvalue weighted by atomic mass is 16.4. The predicted molar refractivity (Wildman–Crippen MR) is 69.0 cm³/mol. The van der Waals surface area contributed by atoms with E-state index in [0.29, 0.717) is 25.9 Å². The molecule has 0 aromatic carbocycles. The molecule has 1 aliphatic rings. The summed E-state index contributed by atoms with van der Waals surface area (Å²) in [6.07, 6.45) is 1.05. The minimum absolute atomic E-state index is 0.0995. The lowest BCUT2D eigenvalue weighted by Gasteiger charge is -2.30. The Labute approximate surface area is 115 Å². The van der Waals surface area contributed by atoms with Crippen molar-refractivity contribution in [2.75, 3.05) is 13.1 Å². The molecular weight excluding hydrogens is 262 g/mol. The molecule has 7 heteroatoms. The maximum absolute atomic E-state index is 12.2. The molecule has 0 unspecified atom stereocenters. The second-order valence-corrected chi connectivity index (χ2v) is 4.68. The SMILES string of the molecule is NC(=O)C1CCN(C(=O)c2cccc(C(=O)O)n2)CC1. The molecule has 0 saturated carbocycles. The number of hydrogen-bond acceptors (Lipinski definition) is 4. The number of primary amides is 1. The topological polar surface area (TPSA) is 114 Å². The van der Waals surface area contributed by atoms with Gasteiger partial charge in [-0.25, -0.2) is 9.78 Å². The zero-order chi connectivity index (χ0) is 14.7. The Kier molecular flexibility index (Phi) is 3.97. The number of pyridine rings is 1. The number of piperidine rings is 1. The van der Waals surface area contributed by atoms with Gasteiger partial charge in [0.25, 0.3) is 5.91 Å². The van der Waals surface area contributed by atoms with Gasteiger partial charge in [-0.1, -0.05) is 6.07 Å². The number of rotatable bonds is 3. The van der Waals surface area contributed by atoms with Crippen LogP contribution in [0.1, 0.15) is 33.8 Å². The van der Waals surface area contributed by atoms with Crippen molar-refractivity contribution in [2.24, 2.45) is 11.7 Å². The number of amides is 2. The molecule has 2 heterocycles. The molecule has 106 valence electrons. The Morgan fingerprint density at radius 1 is 1.20 bits per heavy atom. The van der Waals surface area contributed by atoms with Crippen molar-refractivity contribution in [1.82, 2.24) is 9.88 Å². The van der Waals surface area contributed by atoms with E-state index in [9.17, 15) is 14.4 Å². The quantitative estimate of drug-likeness (QED) is 0.814. The van der Waals surface area contributed by atoms with Crippen LogP contribution in [0.15, 0.2) is 18.2 Å². The number of carboxylic acids is 1. The normalized spacial score (nSPS) is 15.9. The minimum Gasteiger partial charge on any atom is -0.477 e. The highest BCUT2D eigenvalue weighted by Crippen LogP contribution is 2.18. The number of carbonyl (C=O) groups is 3. The van der Waals surface area contributed by atoms with E-state index >= 15 is 0 Å². The van der Waals surface area contributed by atoms with Crippen LogP contribution >= 0.6 is 0 Å². The fourth-order valence-corrected chi connectivity index (χ4v) is 2.20. The molecule has 0 radical (unpaired) electrons. The molecule has 0 aliphatic carbocycles. The largest absolute Gasteiger partial charge is 0.477 e. The van der Waals surface area contributed by atoms with Gasteiger partial charge < -0.3 is 15.7 Å². The van der Waals surface area contributed by atoms with Crippen LogP contribution in [0.25, 0.3) is 0 Å². The smallest absolute Gasteiger partial charge is 0.354 e. The van der Waals surface area contributed by atoms with Gasteiger partial charge in [-0.05, 0) is 25.0 Å². The Hall–Kier alpha value is -2.44. The minimum atomic E-state index is -1.17. The van der Waals surface area contributed by atoms with Crippen molar-refractivity contribution in [3.63, 3.8) is 0 Å². The van der Waals surface area contributed by atoms with Crippen molar-refractivity contribution in [2.45, 2.75) is 12.8 Å². The van der Waals surface area contributed by atoms with Crippen molar-refractivity contribution in [1.29, 1.82) is 0 Å². The van der Waals surface area contributed by atoms with Gasteiger partial charge >= 0.3 is 5.97 Å². The number of nitrogens with two attached hydrogens (primary N) is 1. The summed E-state index contributed by atoms with van der Waals surface area (Å²) in [6.45, 7) is 0.844. The van der Waals surface area contributed by atoms with Gasteiger partial charge in [-0.3, -0.25) is 9.59 Å². The van der Waals surface area contributed by atoms with Crippen LogP contribution in [-0.2, 0) is 4.79 Å². The average Bonchev–Trinajstić information content (AvgIpc) is 2.46. The lowest BCUT2D eigenvalue weighted by atomic mass is 9.96. The summed E-state index contributed by atoms with van der Waals surface area (Å²) in [5.74, 6) is -2.04. The molecule has 2 rings (SSSR count). The number of carbonyl (C=O) groups excluding carboxylic acids is 2. The first-order chi connectivity index (χ1) is 9.49. The molecule has 1 aliphatic heterocycles. The molecule has 1 aromatic rings. The molecule has 1 aromatic heterocycles. The van der Waals surface area contributed by atoms with Crippen LogP contribution in [0.5, 0.6) is 0 Å². The first-order valence-corrected chi connectivity index (χ1v) is 6.28. The summed E-state index contributed by atoms with van der Waals surface area (Å²) in [6, 6.07) is 4.30. The van der Waals surface area contributed by atoms with Gasteiger partial charge in [-0.2, -0.15) is 0 Å². The van der Waals surface area contributed by atoms with Crippen LogP contribution in [0.2, 0.25) is 0 Å². The maximum Gasteiger partial charge on any atom is 0.354 e. The highest BCUT2D eigenvalue weighted by Gasteiger charge is 2.27. The summed E-state index contributed by atoms with van der Waals surface area (Å²) < 4.78 is 0. The number of likely N-dealkylation sites (tertiary alicyclic amines) is 1. The molecule has 1 fully saturated rings. The first-order valence-electron chi connectivity index (χ1n) is 6.28. The third kappa shape index (κ3) is 2.93. The fraction of sp³-hybridized carbons (Fsp3) is 0.385. The molecule has 3 N–H and O–H groups in total. The molecule has 1 saturated heterocycles. The van der Waals surface area contributed by atoms with E-state index < -0.39 is 5.97 Å². The molecule has 2 amide bonds. The van der Waals surface area contributed by atoms with E-state index in [4.69, 9.17) is 10.8 Å². The van der Waals surface area contributed by atoms with E-state index in [2.05, 4.69) is 4.98 Å². The summed E-state index contributed by atoms with van der Waals surface area (Å²) in [7, 11) is 0. The number of aromatic nitrogens is 1. The third-order valence-corrected chi connectivity index (χ3v) is 3.37. The van der Waals surface area contributed by atoms with Gasteiger partial charge in [0.1, 0.15) is 11.4 Å². The Morgan fingerprint density at radius 3 is 2.35 bits per heavy atom. The summed E-state index contributed by atoms with van der Waals surface area (Å²) in [5, 5.41) is 8.86. The van der Waals surface area contributed by atoms with Crippen LogP contribution < -0.4 is 5.73 Å². The van der Waals surface area contributed by atoms with Gasteiger partial charge in [0.15, 0.2) is 0 Å².